The lowest BCUT2D eigenvalue weighted by Gasteiger charge is -2.11. The highest BCUT2D eigenvalue weighted by Crippen LogP contribution is 2.19. The largest absolute Gasteiger partial charge is 0.297 e. The van der Waals surface area contributed by atoms with Crippen molar-refractivity contribution in [3.8, 4) is 0 Å². The van der Waals surface area contributed by atoms with E-state index in [-0.39, 0.29) is 24.7 Å². The Morgan fingerprint density at radius 1 is 1.42 bits per heavy atom. The van der Waals surface area contributed by atoms with Crippen molar-refractivity contribution in [3.05, 3.63) is 0 Å². The maximum Gasteiger partial charge on any atom is 0.236 e. The summed E-state index contributed by atoms with van der Waals surface area (Å²) in [5.74, 6) is 0.816. The van der Waals surface area contributed by atoms with Crippen LogP contribution in [0, 0.1) is 0 Å². The fourth-order valence-electron chi connectivity index (χ4n) is 1.25. The molecular formula is C7H8N2O2S. The monoisotopic (exact) mass is 184 g/mol. The lowest BCUT2D eigenvalue weighted by molar-refractivity contribution is -0.125. The fourth-order valence-corrected chi connectivity index (χ4v) is 2.12. The number of carbonyl (C=O) groups excluding carboxylic acids is 2. The molecule has 0 atom stereocenters. The highest BCUT2D eigenvalue weighted by atomic mass is 32.2. The zero-order valence-electron chi connectivity index (χ0n) is 6.45. The molecule has 0 aliphatic carbocycles. The number of hydrogen-bond acceptors (Lipinski definition) is 4. The van der Waals surface area contributed by atoms with Crippen molar-refractivity contribution in [1.29, 1.82) is 0 Å². The molecule has 64 valence electrons. The summed E-state index contributed by atoms with van der Waals surface area (Å²) < 4.78 is 0. The molecule has 2 rings (SSSR count). The van der Waals surface area contributed by atoms with E-state index in [0.29, 0.717) is 0 Å². The maximum absolute atomic E-state index is 11.2. The molecular weight excluding hydrogens is 176 g/mol. The zero-order chi connectivity index (χ0) is 8.55. The number of hydrogen-bond donors (Lipinski definition) is 0. The SMILES string of the molecule is O=C1CC(=O)N(C2=NCCS2)C1. The van der Waals surface area contributed by atoms with Crippen LogP contribution in [-0.2, 0) is 9.59 Å². The minimum atomic E-state index is -0.104. The van der Waals surface area contributed by atoms with Gasteiger partial charge in [0.2, 0.25) is 5.91 Å². The van der Waals surface area contributed by atoms with Crippen molar-refractivity contribution in [2.45, 2.75) is 6.42 Å². The van der Waals surface area contributed by atoms with Crippen LogP contribution in [0.5, 0.6) is 0 Å². The second-order valence-corrected chi connectivity index (χ2v) is 3.77. The molecule has 0 bridgehead atoms. The third kappa shape index (κ3) is 1.24. The summed E-state index contributed by atoms with van der Waals surface area (Å²) >= 11 is 1.55. The van der Waals surface area contributed by atoms with Gasteiger partial charge in [0.1, 0.15) is 0 Å². The molecule has 5 heteroatoms. The Hall–Kier alpha value is -0.840. The van der Waals surface area contributed by atoms with Crippen LogP contribution in [0.3, 0.4) is 0 Å². The molecule has 2 aliphatic rings. The quantitative estimate of drug-likeness (QED) is 0.493. The van der Waals surface area contributed by atoms with Gasteiger partial charge in [-0.1, -0.05) is 11.8 Å². The van der Waals surface area contributed by atoms with Crippen LogP contribution in [0.1, 0.15) is 6.42 Å². The van der Waals surface area contributed by atoms with E-state index in [2.05, 4.69) is 4.99 Å². The predicted molar refractivity (Wildman–Crippen MR) is 46.1 cm³/mol. The van der Waals surface area contributed by atoms with Crippen molar-refractivity contribution in [3.63, 3.8) is 0 Å². The molecule has 0 unspecified atom stereocenters. The first-order valence-electron chi connectivity index (χ1n) is 3.76. The normalized spacial score (nSPS) is 23.7. The second-order valence-electron chi connectivity index (χ2n) is 2.71. The topological polar surface area (TPSA) is 49.7 Å². The van der Waals surface area contributed by atoms with E-state index in [1.807, 2.05) is 0 Å². The molecule has 2 aliphatic heterocycles. The highest BCUT2D eigenvalue weighted by Gasteiger charge is 2.31. The van der Waals surface area contributed by atoms with Crippen molar-refractivity contribution in [2.75, 3.05) is 18.8 Å². The molecule has 1 fully saturated rings. The van der Waals surface area contributed by atoms with Crippen LogP contribution in [0.4, 0.5) is 0 Å². The van der Waals surface area contributed by atoms with Crippen LogP contribution < -0.4 is 0 Å². The molecule has 12 heavy (non-hydrogen) atoms. The van der Waals surface area contributed by atoms with Gasteiger partial charge in [0.05, 0.1) is 19.5 Å². The molecule has 1 saturated heterocycles. The van der Waals surface area contributed by atoms with E-state index in [4.69, 9.17) is 0 Å². The smallest absolute Gasteiger partial charge is 0.236 e. The average molecular weight is 184 g/mol. The summed E-state index contributed by atoms with van der Waals surface area (Å²) in [5.41, 5.74) is 0. The van der Waals surface area contributed by atoms with Gasteiger partial charge < -0.3 is 0 Å². The van der Waals surface area contributed by atoms with Gasteiger partial charge in [0.25, 0.3) is 0 Å². The fraction of sp³-hybridized carbons (Fsp3) is 0.571. The van der Waals surface area contributed by atoms with Crippen LogP contribution in [0.25, 0.3) is 0 Å². The average Bonchev–Trinajstić information content (AvgIpc) is 2.58. The van der Waals surface area contributed by atoms with Gasteiger partial charge in [-0.05, 0) is 0 Å². The molecule has 0 saturated carbocycles. The summed E-state index contributed by atoms with van der Waals surface area (Å²) in [6, 6.07) is 0. The van der Waals surface area contributed by atoms with E-state index in [9.17, 15) is 9.59 Å². The summed E-state index contributed by atoms with van der Waals surface area (Å²) in [4.78, 5) is 27.7. The first-order valence-corrected chi connectivity index (χ1v) is 4.75. The lowest BCUT2D eigenvalue weighted by atomic mass is 10.3. The Labute approximate surface area is 74.0 Å². The number of nitrogens with zero attached hydrogens (tertiary/aromatic N) is 2. The van der Waals surface area contributed by atoms with Gasteiger partial charge >= 0.3 is 0 Å². The number of amidine groups is 1. The third-order valence-corrected chi connectivity index (χ3v) is 2.78. The van der Waals surface area contributed by atoms with Crippen molar-refractivity contribution in [2.24, 2.45) is 4.99 Å². The zero-order valence-corrected chi connectivity index (χ0v) is 7.26. The molecule has 0 aromatic carbocycles. The minimum Gasteiger partial charge on any atom is -0.297 e. The van der Waals surface area contributed by atoms with E-state index in [0.717, 1.165) is 17.5 Å². The Bertz CT molecular complexity index is 275. The molecule has 0 N–H and O–H groups in total. The Morgan fingerprint density at radius 3 is 2.75 bits per heavy atom. The first kappa shape index (κ1) is 7.79. The van der Waals surface area contributed by atoms with Gasteiger partial charge in [-0.25, -0.2) is 0 Å². The number of thioether (sulfide) groups is 1. The van der Waals surface area contributed by atoms with Gasteiger partial charge in [0.15, 0.2) is 11.0 Å². The van der Waals surface area contributed by atoms with Gasteiger partial charge in [0, 0.05) is 5.75 Å². The number of aliphatic imine (C=N–C) groups is 1. The number of ketones is 1. The summed E-state index contributed by atoms with van der Waals surface area (Å²) in [7, 11) is 0. The van der Waals surface area contributed by atoms with Crippen LogP contribution in [-0.4, -0.2) is 40.6 Å². The van der Waals surface area contributed by atoms with E-state index in [1.165, 1.54) is 4.90 Å². The van der Waals surface area contributed by atoms with Crippen LogP contribution >= 0.6 is 11.8 Å². The predicted octanol–water partition coefficient (Wildman–Crippen LogP) is -0.109. The highest BCUT2D eigenvalue weighted by molar-refractivity contribution is 8.14. The number of amides is 1. The first-order chi connectivity index (χ1) is 5.77. The van der Waals surface area contributed by atoms with E-state index in [1.54, 1.807) is 11.8 Å². The maximum atomic E-state index is 11.2. The molecule has 4 nitrogen and oxygen atoms in total. The summed E-state index contributed by atoms with van der Waals surface area (Å²) in [6.07, 6.45) is 0.0551. The Kier molecular flexibility index (Phi) is 1.88. The van der Waals surface area contributed by atoms with Crippen LogP contribution in [0.2, 0.25) is 0 Å². The molecule has 0 aromatic rings. The number of carbonyl (C=O) groups is 2. The van der Waals surface area contributed by atoms with Crippen LogP contribution in [0.15, 0.2) is 4.99 Å². The number of likely N-dealkylation sites (tertiary alicyclic amines) is 1. The lowest BCUT2D eigenvalue weighted by Crippen LogP contribution is -2.29. The van der Waals surface area contributed by atoms with E-state index < -0.39 is 0 Å². The minimum absolute atomic E-state index is 0.00444. The Balaban J connectivity index is 2.13. The van der Waals surface area contributed by atoms with Crippen molar-refractivity contribution < 1.29 is 9.59 Å². The number of Topliss-reactive ketones (excluding diaryl/α,β-unsaturated/α-hetero) is 1. The van der Waals surface area contributed by atoms with Crippen molar-refractivity contribution in [1.82, 2.24) is 4.90 Å². The molecule has 0 radical (unpaired) electrons. The van der Waals surface area contributed by atoms with Gasteiger partial charge in [-0.3, -0.25) is 19.5 Å². The summed E-state index contributed by atoms with van der Waals surface area (Å²) in [6.45, 7) is 0.989. The molecule has 2 heterocycles. The van der Waals surface area contributed by atoms with Crippen molar-refractivity contribution >= 4 is 28.6 Å². The third-order valence-electron chi connectivity index (χ3n) is 1.78. The molecule has 1 amide bonds. The number of rotatable bonds is 0. The summed E-state index contributed by atoms with van der Waals surface area (Å²) in [5, 5.41) is 0.728. The standard InChI is InChI=1S/C7H8N2O2S/c10-5-3-6(11)9(4-5)7-8-1-2-12-7/h1-4H2. The van der Waals surface area contributed by atoms with Gasteiger partial charge in [-0.15, -0.1) is 0 Å². The van der Waals surface area contributed by atoms with Gasteiger partial charge in [-0.2, -0.15) is 0 Å². The molecule has 0 aromatic heterocycles. The second kappa shape index (κ2) is 2.90. The molecule has 0 spiro atoms. The Morgan fingerprint density at radius 2 is 2.25 bits per heavy atom. The van der Waals surface area contributed by atoms with E-state index >= 15 is 0 Å².